The number of hydrogen-bond donors (Lipinski definition) is 1. The zero-order chi connectivity index (χ0) is 19.4. The van der Waals surface area contributed by atoms with Crippen LogP contribution in [0.5, 0.6) is 0 Å². The molecule has 2 rings (SSSR count). The average molecular weight is 376 g/mol. The largest absolute Gasteiger partial charge is 0.378 e. The molecular weight excluding hydrogens is 346 g/mol. The molecule has 0 radical (unpaired) electrons. The Hall–Kier alpha value is -1.69. The first kappa shape index (κ1) is 20.6. The molecular formula is C21H29NO3S. The second-order valence-electron chi connectivity index (χ2n) is 7.58. The highest BCUT2D eigenvalue weighted by molar-refractivity contribution is 7.89. The van der Waals surface area contributed by atoms with Gasteiger partial charge in [-0.15, -0.1) is 0 Å². The Balaban J connectivity index is 2.25. The van der Waals surface area contributed by atoms with Crippen LogP contribution in [-0.4, -0.2) is 27.7 Å². The Morgan fingerprint density at radius 2 is 1.54 bits per heavy atom. The number of ether oxygens (including phenoxy) is 1. The second-order valence-corrected chi connectivity index (χ2v) is 9.34. The maximum absolute atomic E-state index is 12.7. The summed E-state index contributed by atoms with van der Waals surface area (Å²) in [7, 11) is -1.91. The molecule has 0 aliphatic rings. The molecule has 26 heavy (non-hydrogen) atoms. The van der Waals surface area contributed by atoms with E-state index < -0.39 is 21.0 Å². The normalized spacial score (nSPS) is 14.8. The van der Waals surface area contributed by atoms with Crippen LogP contribution >= 0.6 is 0 Å². The third kappa shape index (κ3) is 4.72. The number of nitrogens with one attached hydrogen (secondary N) is 1. The fourth-order valence-corrected chi connectivity index (χ4v) is 4.01. The summed E-state index contributed by atoms with van der Waals surface area (Å²) in [6.45, 7) is 8.26. The van der Waals surface area contributed by atoms with Crippen LogP contribution in [-0.2, 0) is 21.2 Å². The molecule has 0 fully saturated rings. The number of benzene rings is 2. The van der Waals surface area contributed by atoms with Gasteiger partial charge >= 0.3 is 0 Å². The number of rotatable bonds is 8. The van der Waals surface area contributed by atoms with Crippen LogP contribution in [0.1, 0.15) is 31.9 Å². The highest BCUT2D eigenvalue weighted by Gasteiger charge is 2.42. The minimum absolute atomic E-state index is 0.277. The van der Waals surface area contributed by atoms with Crippen molar-refractivity contribution in [3.63, 3.8) is 0 Å². The minimum Gasteiger partial charge on any atom is -0.378 e. The first-order valence-electron chi connectivity index (χ1n) is 8.75. The van der Waals surface area contributed by atoms with E-state index in [1.165, 1.54) is 0 Å². The molecule has 0 spiro atoms. The number of methoxy groups -OCH3 is 1. The average Bonchev–Trinajstić information content (AvgIpc) is 2.61. The zero-order valence-corrected chi connectivity index (χ0v) is 17.1. The zero-order valence-electron chi connectivity index (χ0n) is 16.2. The van der Waals surface area contributed by atoms with Crippen molar-refractivity contribution in [1.29, 1.82) is 0 Å². The maximum atomic E-state index is 12.7. The molecule has 5 heteroatoms. The van der Waals surface area contributed by atoms with Gasteiger partial charge in [-0.1, -0.05) is 55.0 Å². The smallest absolute Gasteiger partial charge is 0.240 e. The summed E-state index contributed by atoms with van der Waals surface area (Å²) in [6, 6.07) is 16.9. The van der Waals surface area contributed by atoms with Crippen molar-refractivity contribution < 1.29 is 13.2 Å². The van der Waals surface area contributed by atoms with Crippen molar-refractivity contribution >= 4 is 10.0 Å². The monoisotopic (exact) mass is 375 g/mol. The second kappa shape index (κ2) is 7.91. The molecule has 0 aliphatic heterocycles. The van der Waals surface area contributed by atoms with E-state index in [-0.39, 0.29) is 11.4 Å². The van der Waals surface area contributed by atoms with E-state index in [2.05, 4.69) is 23.8 Å². The quantitative estimate of drug-likeness (QED) is 0.760. The van der Waals surface area contributed by atoms with E-state index in [4.69, 9.17) is 4.74 Å². The van der Waals surface area contributed by atoms with Gasteiger partial charge < -0.3 is 4.74 Å². The summed E-state index contributed by atoms with van der Waals surface area (Å²) in [5.74, 6) is 0. The lowest BCUT2D eigenvalue weighted by molar-refractivity contribution is -0.0764. The number of aryl methyl sites for hydroxylation is 1. The molecule has 1 N–H and O–H groups in total. The third-order valence-electron chi connectivity index (χ3n) is 5.38. The lowest BCUT2D eigenvalue weighted by Crippen LogP contribution is -2.51. The summed E-state index contributed by atoms with van der Waals surface area (Å²) in [4.78, 5) is 0.278. The van der Waals surface area contributed by atoms with Crippen LogP contribution in [0.15, 0.2) is 59.5 Å². The molecule has 142 valence electrons. The lowest BCUT2D eigenvalue weighted by atomic mass is 9.71. The van der Waals surface area contributed by atoms with Crippen LogP contribution in [0.2, 0.25) is 0 Å². The third-order valence-corrected chi connectivity index (χ3v) is 6.80. The molecule has 0 saturated heterocycles. The van der Waals surface area contributed by atoms with Gasteiger partial charge in [-0.25, -0.2) is 13.1 Å². The Kier molecular flexibility index (Phi) is 6.27. The van der Waals surface area contributed by atoms with Crippen molar-refractivity contribution in [2.75, 3.05) is 13.7 Å². The molecule has 4 nitrogen and oxygen atoms in total. The molecule has 0 amide bonds. The molecule has 0 saturated carbocycles. The number of sulfonamides is 1. The van der Waals surface area contributed by atoms with Crippen LogP contribution in [0.4, 0.5) is 0 Å². The van der Waals surface area contributed by atoms with Crippen LogP contribution < -0.4 is 4.72 Å². The topological polar surface area (TPSA) is 55.4 Å². The first-order chi connectivity index (χ1) is 12.1. The summed E-state index contributed by atoms with van der Waals surface area (Å²) in [5.41, 5.74) is 1.23. The lowest BCUT2D eigenvalue weighted by Gasteiger charge is -2.43. The summed E-state index contributed by atoms with van der Waals surface area (Å²) < 4.78 is 33.9. The summed E-state index contributed by atoms with van der Waals surface area (Å²) in [5, 5.41) is 0. The van der Waals surface area contributed by atoms with E-state index >= 15 is 0 Å². The van der Waals surface area contributed by atoms with Gasteiger partial charge in [0.1, 0.15) is 0 Å². The molecule has 1 atom stereocenters. The van der Waals surface area contributed by atoms with Gasteiger partial charge in [-0.2, -0.15) is 0 Å². The number of hydrogen-bond acceptors (Lipinski definition) is 3. The van der Waals surface area contributed by atoms with Gasteiger partial charge in [-0.05, 0) is 44.9 Å². The van der Waals surface area contributed by atoms with E-state index in [9.17, 15) is 8.42 Å². The van der Waals surface area contributed by atoms with E-state index in [0.29, 0.717) is 6.42 Å². The van der Waals surface area contributed by atoms with Gasteiger partial charge in [0.2, 0.25) is 10.0 Å². The van der Waals surface area contributed by atoms with Crippen molar-refractivity contribution in [3.8, 4) is 0 Å². The Bertz CT molecular complexity index is 814. The van der Waals surface area contributed by atoms with Crippen LogP contribution in [0, 0.1) is 12.3 Å². The Morgan fingerprint density at radius 1 is 0.962 bits per heavy atom. The van der Waals surface area contributed by atoms with E-state index in [0.717, 1.165) is 11.1 Å². The van der Waals surface area contributed by atoms with Gasteiger partial charge in [-0.3, -0.25) is 0 Å². The predicted octanol–water partition coefficient (Wildman–Crippen LogP) is 3.95. The van der Waals surface area contributed by atoms with Crippen LogP contribution in [0.3, 0.4) is 0 Å². The van der Waals surface area contributed by atoms with Gasteiger partial charge in [0, 0.05) is 19.1 Å². The Labute approximate surface area is 157 Å². The van der Waals surface area contributed by atoms with Crippen LogP contribution in [0.25, 0.3) is 0 Å². The SMILES string of the molecule is COC(C)(C)C(C)(CNS(=O)(=O)c1ccc(C)cc1)Cc1ccccc1. The summed E-state index contributed by atoms with van der Waals surface area (Å²) in [6.07, 6.45) is 0.700. The van der Waals surface area contributed by atoms with Crippen molar-refractivity contribution in [3.05, 3.63) is 65.7 Å². The van der Waals surface area contributed by atoms with Crippen molar-refractivity contribution in [1.82, 2.24) is 4.72 Å². The molecule has 0 aliphatic carbocycles. The van der Waals surface area contributed by atoms with E-state index in [1.54, 1.807) is 31.4 Å². The fraction of sp³-hybridized carbons (Fsp3) is 0.429. The molecule has 2 aromatic carbocycles. The summed E-state index contributed by atoms with van der Waals surface area (Å²) >= 11 is 0. The fourth-order valence-electron chi connectivity index (χ4n) is 2.84. The van der Waals surface area contributed by atoms with Gasteiger partial charge in [0.15, 0.2) is 0 Å². The highest BCUT2D eigenvalue weighted by Crippen LogP contribution is 2.37. The van der Waals surface area contributed by atoms with Crippen molar-refractivity contribution in [2.24, 2.45) is 5.41 Å². The molecule has 1 unspecified atom stereocenters. The predicted molar refractivity (Wildman–Crippen MR) is 106 cm³/mol. The van der Waals surface area contributed by atoms with E-state index in [1.807, 2.05) is 39.0 Å². The minimum atomic E-state index is -3.58. The first-order valence-corrected chi connectivity index (χ1v) is 10.2. The molecule has 0 aromatic heterocycles. The maximum Gasteiger partial charge on any atom is 0.240 e. The highest BCUT2D eigenvalue weighted by atomic mass is 32.2. The van der Waals surface area contributed by atoms with Crippen molar-refractivity contribution in [2.45, 2.75) is 44.6 Å². The molecule has 0 bridgehead atoms. The van der Waals surface area contributed by atoms with Gasteiger partial charge in [0.25, 0.3) is 0 Å². The standard InChI is InChI=1S/C21H29NO3S/c1-17-11-13-19(14-12-17)26(23,24)22-16-21(4,20(2,3)25-5)15-18-9-7-6-8-10-18/h6-14,22H,15-16H2,1-5H3. The molecule has 2 aromatic rings. The van der Waals surface area contributed by atoms with Gasteiger partial charge in [0.05, 0.1) is 10.5 Å². The Morgan fingerprint density at radius 3 is 2.08 bits per heavy atom. The molecule has 0 heterocycles.